The van der Waals surface area contributed by atoms with E-state index in [2.05, 4.69) is 9.97 Å². The van der Waals surface area contributed by atoms with Gasteiger partial charge in [-0.2, -0.15) is 4.98 Å². The molecule has 0 aliphatic carbocycles. The molecule has 0 amide bonds. The highest BCUT2D eigenvalue weighted by Crippen LogP contribution is 2.20. The highest BCUT2D eigenvalue weighted by Gasteiger charge is 2.14. The van der Waals surface area contributed by atoms with Gasteiger partial charge in [0.2, 0.25) is 5.95 Å². The number of para-hydroxylation sites is 1. The molecule has 0 radical (unpaired) electrons. The van der Waals surface area contributed by atoms with Crippen LogP contribution < -0.4 is 10.6 Å². The Bertz CT molecular complexity index is 702. The molecule has 0 aliphatic heterocycles. The van der Waals surface area contributed by atoms with Crippen molar-refractivity contribution in [2.75, 3.05) is 31.2 Å². The average Bonchev–Trinajstić information content (AvgIpc) is 2.61. The van der Waals surface area contributed by atoms with Gasteiger partial charge in [0.25, 0.3) is 0 Å². The number of anilines is 1. The van der Waals surface area contributed by atoms with Crippen molar-refractivity contribution in [2.45, 2.75) is 26.7 Å². The second-order valence-electron chi connectivity index (χ2n) is 5.38. The van der Waals surface area contributed by atoms with Gasteiger partial charge in [0.1, 0.15) is 6.33 Å². The zero-order valence-corrected chi connectivity index (χ0v) is 14.1. The summed E-state index contributed by atoms with van der Waals surface area (Å²) in [6.07, 6.45) is 3.08. The maximum atomic E-state index is 12.5. The lowest BCUT2D eigenvalue weighted by molar-refractivity contribution is 0.280. The molecule has 0 spiro atoms. The number of aromatic nitrogens is 3. The summed E-state index contributed by atoms with van der Waals surface area (Å²) in [7, 11) is 0. The predicted molar refractivity (Wildman–Crippen MR) is 92.8 cm³/mol. The second kappa shape index (κ2) is 8.56. The van der Waals surface area contributed by atoms with Crippen molar-refractivity contribution in [1.82, 2.24) is 14.5 Å². The number of aryl methyl sites for hydroxylation is 2. The van der Waals surface area contributed by atoms with E-state index in [0.717, 1.165) is 29.7 Å². The van der Waals surface area contributed by atoms with Crippen LogP contribution in [0, 0.1) is 0 Å². The lowest BCUT2D eigenvalue weighted by Crippen LogP contribution is -2.34. The van der Waals surface area contributed by atoms with Gasteiger partial charge >= 0.3 is 5.69 Å². The van der Waals surface area contributed by atoms with Crippen LogP contribution in [-0.2, 0) is 12.8 Å². The van der Waals surface area contributed by atoms with E-state index in [1.165, 1.54) is 10.9 Å². The first kappa shape index (κ1) is 18.1. The standard InChI is InChI=1S/C17H24N4O3/c1-3-13-6-5-7-14(4-2)15(13)21-12-18-16(19-17(21)24)20(8-10-22)9-11-23/h5-7,12,22-23H,3-4,8-11H2,1-2H3. The monoisotopic (exact) mass is 332 g/mol. The van der Waals surface area contributed by atoms with Crippen LogP contribution in [0.4, 0.5) is 5.95 Å². The van der Waals surface area contributed by atoms with Crippen molar-refractivity contribution in [3.63, 3.8) is 0 Å². The minimum absolute atomic E-state index is 0.106. The Labute approximate surface area is 141 Å². The van der Waals surface area contributed by atoms with Gasteiger partial charge in [0.05, 0.1) is 18.9 Å². The van der Waals surface area contributed by atoms with E-state index in [0.29, 0.717) is 0 Å². The summed E-state index contributed by atoms with van der Waals surface area (Å²) in [6.45, 7) is 4.40. The van der Waals surface area contributed by atoms with E-state index in [9.17, 15) is 4.79 Å². The lowest BCUT2D eigenvalue weighted by atomic mass is 10.0. The molecule has 0 bridgehead atoms. The predicted octanol–water partition coefficient (Wildman–Crippen LogP) is 0.543. The van der Waals surface area contributed by atoms with Gasteiger partial charge < -0.3 is 15.1 Å². The third-order valence-electron chi connectivity index (χ3n) is 3.92. The van der Waals surface area contributed by atoms with Gasteiger partial charge in [-0.1, -0.05) is 32.0 Å². The second-order valence-corrected chi connectivity index (χ2v) is 5.38. The van der Waals surface area contributed by atoms with Crippen LogP contribution in [-0.4, -0.2) is 51.1 Å². The molecule has 0 saturated carbocycles. The smallest absolute Gasteiger partial charge is 0.356 e. The van der Waals surface area contributed by atoms with Crippen LogP contribution in [0.5, 0.6) is 0 Å². The molecule has 0 aliphatic rings. The number of hydrogen-bond acceptors (Lipinski definition) is 6. The Morgan fingerprint density at radius 2 is 1.67 bits per heavy atom. The summed E-state index contributed by atoms with van der Waals surface area (Å²) in [6, 6.07) is 5.99. The van der Waals surface area contributed by atoms with Crippen LogP contribution in [0.3, 0.4) is 0 Å². The highest BCUT2D eigenvalue weighted by molar-refractivity contribution is 5.48. The molecule has 0 unspecified atom stereocenters. The first-order valence-electron chi connectivity index (χ1n) is 8.19. The van der Waals surface area contributed by atoms with Gasteiger partial charge in [-0.3, -0.25) is 4.57 Å². The first-order valence-corrected chi connectivity index (χ1v) is 8.19. The number of hydrogen-bond donors (Lipinski definition) is 2. The van der Waals surface area contributed by atoms with Crippen LogP contribution in [0.2, 0.25) is 0 Å². The zero-order chi connectivity index (χ0) is 17.5. The Balaban J connectivity index is 2.50. The average molecular weight is 332 g/mol. The molecule has 0 atom stereocenters. The van der Waals surface area contributed by atoms with Gasteiger partial charge in [0.15, 0.2) is 0 Å². The fourth-order valence-corrected chi connectivity index (χ4v) is 2.71. The topological polar surface area (TPSA) is 91.5 Å². The molecule has 2 rings (SSSR count). The van der Waals surface area contributed by atoms with Gasteiger partial charge in [-0.25, -0.2) is 9.78 Å². The quantitative estimate of drug-likeness (QED) is 0.733. The van der Waals surface area contributed by atoms with Crippen LogP contribution >= 0.6 is 0 Å². The molecule has 24 heavy (non-hydrogen) atoms. The fourth-order valence-electron chi connectivity index (χ4n) is 2.71. The van der Waals surface area contributed by atoms with Crippen molar-refractivity contribution in [2.24, 2.45) is 0 Å². The van der Waals surface area contributed by atoms with Crippen LogP contribution in [0.25, 0.3) is 5.69 Å². The van der Waals surface area contributed by atoms with E-state index in [1.807, 2.05) is 32.0 Å². The van der Waals surface area contributed by atoms with Crippen LogP contribution in [0.15, 0.2) is 29.3 Å². The fraction of sp³-hybridized carbons (Fsp3) is 0.471. The summed E-state index contributed by atoms with van der Waals surface area (Å²) in [5, 5.41) is 18.2. The van der Waals surface area contributed by atoms with Crippen molar-refractivity contribution < 1.29 is 10.2 Å². The molecule has 2 aromatic rings. The minimum atomic E-state index is -0.420. The molecule has 7 nitrogen and oxygen atoms in total. The SMILES string of the molecule is CCc1cccc(CC)c1-n1cnc(N(CCO)CCO)nc1=O. The van der Waals surface area contributed by atoms with E-state index < -0.39 is 5.69 Å². The molecule has 1 heterocycles. The Morgan fingerprint density at radius 3 is 2.12 bits per heavy atom. The molecular formula is C17H24N4O3. The Hall–Kier alpha value is -2.25. The molecule has 0 fully saturated rings. The first-order chi connectivity index (χ1) is 11.7. The minimum Gasteiger partial charge on any atom is -0.395 e. The van der Waals surface area contributed by atoms with Crippen LogP contribution in [0.1, 0.15) is 25.0 Å². The normalized spacial score (nSPS) is 10.8. The summed E-state index contributed by atoms with van der Waals surface area (Å²) < 4.78 is 1.47. The molecule has 0 saturated heterocycles. The summed E-state index contributed by atoms with van der Waals surface area (Å²) in [5.74, 6) is 0.214. The Kier molecular flexibility index (Phi) is 6.45. The van der Waals surface area contributed by atoms with Gasteiger partial charge in [-0.05, 0) is 24.0 Å². The van der Waals surface area contributed by atoms with E-state index in [1.54, 1.807) is 4.90 Å². The maximum absolute atomic E-state index is 12.5. The molecular weight excluding hydrogens is 308 g/mol. The van der Waals surface area contributed by atoms with E-state index in [-0.39, 0.29) is 32.3 Å². The van der Waals surface area contributed by atoms with Gasteiger partial charge in [0, 0.05) is 13.1 Å². The third-order valence-corrected chi connectivity index (χ3v) is 3.92. The van der Waals surface area contributed by atoms with Gasteiger partial charge in [-0.15, -0.1) is 0 Å². The molecule has 2 N–H and O–H groups in total. The summed E-state index contributed by atoms with van der Waals surface area (Å²) in [4.78, 5) is 22.4. The highest BCUT2D eigenvalue weighted by atomic mass is 16.3. The van der Waals surface area contributed by atoms with E-state index >= 15 is 0 Å². The molecule has 1 aromatic carbocycles. The number of aliphatic hydroxyl groups is 2. The number of benzene rings is 1. The maximum Gasteiger partial charge on any atom is 0.356 e. The largest absolute Gasteiger partial charge is 0.395 e. The van der Waals surface area contributed by atoms with Crippen molar-refractivity contribution in [3.8, 4) is 5.69 Å². The van der Waals surface area contributed by atoms with Crippen molar-refractivity contribution in [1.29, 1.82) is 0 Å². The third kappa shape index (κ3) is 3.80. The van der Waals surface area contributed by atoms with E-state index in [4.69, 9.17) is 10.2 Å². The number of rotatable bonds is 8. The zero-order valence-electron chi connectivity index (χ0n) is 14.1. The summed E-state index contributed by atoms with van der Waals surface area (Å²) in [5.41, 5.74) is 2.55. The van der Waals surface area contributed by atoms with Crippen molar-refractivity contribution >= 4 is 5.95 Å². The Morgan fingerprint density at radius 1 is 1.08 bits per heavy atom. The number of aliphatic hydroxyl groups excluding tert-OH is 2. The lowest BCUT2D eigenvalue weighted by Gasteiger charge is -2.21. The molecule has 130 valence electrons. The summed E-state index contributed by atoms with van der Waals surface area (Å²) >= 11 is 0. The molecule has 1 aromatic heterocycles. The van der Waals surface area contributed by atoms with Crippen molar-refractivity contribution in [3.05, 3.63) is 46.1 Å². The molecule has 7 heteroatoms. The number of nitrogens with zero attached hydrogens (tertiary/aromatic N) is 4.